The van der Waals surface area contributed by atoms with Crippen LogP contribution in [0, 0.1) is 27.7 Å². The molecule has 0 spiro atoms. The number of nitrogens with one attached hydrogen (secondary N) is 1. The van der Waals surface area contributed by atoms with E-state index in [9.17, 15) is 9.59 Å². The summed E-state index contributed by atoms with van der Waals surface area (Å²) in [5.41, 5.74) is 6.10. The molecule has 0 aliphatic rings. The number of hydrogen-bond donors (Lipinski definition) is 1. The number of nitrogens with zero attached hydrogens (tertiary/aromatic N) is 1. The summed E-state index contributed by atoms with van der Waals surface area (Å²) in [6.45, 7) is 7.96. The maximum absolute atomic E-state index is 12.3. The summed E-state index contributed by atoms with van der Waals surface area (Å²) in [5, 5.41) is 2.92. The molecule has 0 saturated heterocycles. The van der Waals surface area contributed by atoms with Crippen molar-refractivity contribution in [2.75, 3.05) is 18.9 Å². The normalized spacial score (nSPS) is 10.8. The van der Waals surface area contributed by atoms with Gasteiger partial charge in [0, 0.05) is 18.8 Å². The fourth-order valence-corrected chi connectivity index (χ4v) is 2.91. The van der Waals surface area contributed by atoms with Crippen LogP contribution in [0.3, 0.4) is 0 Å². The molecule has 4 heteroatoms. The van der Waals surface area contributed by atoms with Crippen molar-refractivity contribution >= 4 is 23.6 Å². The number of carbonyl (C=O) groups is 2. The molecule has 26 heavy (non-hydrogen) atoms. The van der Waals surface area contributed by atoms with Crippen molar-refractivity contribution in [1.82, 2.24) is 4.90 Å². The highest BCUT2D eigenvalue weighted by Crippen LogP contribution is 2.21. The Bertz CT molecular complexity index is 830. The molecule has 0 radical (unpaired) electrons. The van der Waals surface area contributed by atoms with Gasteiger partial charge >= 0.3 is 0 Å². The third kappa shape index (κ3) is 5.06. The smallest absolute Gasteiger partial charge is 0.246 e. The lowest BCUT2D eigenvalue weighted by Crippen LogP contribution is -2.34. The first-order chi connectivity index (χ1) is 12.3. The lowest BCUT2D eigenvalue weighted by molar-refractivity contribution is -0.129. The quantitative estimate of drug-likeness (QED) is 0.828. The molecular weight excluding hydrogens is 324 g/mol. The molecular formula is C22H26N2O2. The minimum Gasteiger partial charge on any atom is -0.333 e. The van der Waals surface area contributed by atoms with E-state index in [1.54, 1.807) is 13.1 Å². The molecule has 0 heterocycles. The molecule has 0 aliphatic heterocycles. The number of likely N-dealkylation sites (N-methyl/N-ethyl adjacent to an activating group) is 1. The second kappa shape index (κ2) is 8.48. The van der Waals surface area contributed by atoms with Gasteiger partial charge in [0.05, 0.1) is 6.54 Å². The van der Waals surface area contributed by atoms with Crippen molar-refractivity contribution in [3.05, 3.63) is 70.3 Å². The Kier molecular flexibility index (Phi) is 6.34. The summed E-state index contributed by atoms with van der Waals surface area (Å²) in [6.07, 6.45) is 3.28. The van der Waals surface area contributed by atoms with Crippen molar-refractivity contribution in [2.45, 2.75) is 27.7 Å². The molecule has 0 saturated carbocycles. The van der Waals surface area contributed by atoms with Gasteiger partial charge < -0.3 is 10.2 Å². The topological polar surface area (TPSA) is 49.4 Å². The van der Waals surface area contributed by atoms with Crippen LogP contribution in [0.1, 0.15) is 27.8 Å². The molecule has 0 aliphatic carbocycles. The van der Waals surface area contributed by atoms with Crippen molar-refractivity contribution in [1.29, 1.82) is 0 Å². The van der Waals surface area contributed by atoms with Gasteiger partial charge in [-0.3, -0.25) is 9.59 Å². The van der Waals surface area contributed by atoms with Crippen molar-refractivity contribution in [2.24, 2.45) is 0 Å². The Hall–Kier alpha value is -2.88. The van der Waals surface area contributed by atoms with Crippen molar-refractivity contribution in [3.8, 4) is 0 Å². The number of hydrogen-bond acceptors (Lipinski definition) is 2. The van der Waals surface area contributed by atoms with Gasteiger partial charge in [-0.25, -0.2) is 0 Å². The van der Waals surface area contributed by atoms with Crippen molar-refractivity contribution < 1.29 is 9.59 Å². The lowest BCUT2D eigenvalue weighted by atomic mass is 10.1. The minimum atomic E-state index is -0.208. The summed E-state index contributed by atoms with van der Waals surface area (Å²) in [7, 11) is 1.62. The van der Waals surface area contributed by atoms with Gasteiger partial charge in [-0.05, 0) is 56.0 Å². The fourth-order valence-electron chi connectivity index (χ4n) is 2.91. The summed E-state index contributed by atoms with van der Waals surface area (Å²) in [4.78, 5) is 26.0. The van der Waals surface area contributed by atoms with Crippen LogP contribution in [-0.2, 0) is 9.59 Å². The Morgan fingerprint density at radius 3 is 2.23 bits per heavy atom. The summed E-state index contributed by atoms with van der Waals surface area (Å²) in [5.74, 6) is -0.416. The van der Waals surface area contributed by atoms with E-state index >= 15 is 0 Å². The summed E-state index contributed by atoms with van der Waals surface area (Å²) in [6, 6.07) is 11.9. The molecule has 2 rings (SSSR count). The van der Waals surface area contributed by atoms with Gasteiger partial charge in [-0.2, -0.15) is 0 Å². The van der Waals surface area contributed by atoms with Crippen LogP contribution in [0.4, 0.5) is 5.69 Å². The Morgan fingerprint density at radius 1 is 1.00 bits per heavy atom. The number of amides is 2. The lowest BCUT2D eigenvalue weighted by Gasteiger charge is -2.17. The molecule has 0 bridgehead atoms. The van der Waals surface area contributed by atoms with Crippen LogP contribution in [-0.4, -0.2) is 30.3 Å². The molecule has 4 nitrogen and oxygen atoms in total. The zero-order valence-electron chi connectivity index (χ0n) is 16.1. The van der Waals surface area contributed by atoms with E-state index in [0.29, 0.717) is 0 Å². The second-order valence-corrected chi connectivity index (χ2v) is 6.71. The minimum absolute atomic E-state index is 0.00367. The first-order valence-electron chi connectivity index (χ1n) is 8.64. The second-order valence-electron chi connectivity index (χ2n) is 6.71. The number of anilines is 1. The molecule has 0 aromatic heterocycles. The molecule has 1 N–H and O–H groups in total. The van der Waals surface area contributed by atoms with E-state index in [-0.39, 0.29) is 18.4 Å². The van der Waals surface area contributed by atoms with Gasteiger partial charge in [-0.15, -0.1) is 0 Å². The molecule has 2 amide bonds. The summed E-state index contributed by atoms with van der Waals surface area (Å²) < 4.78 is 0. The Labute approximate surface area is 155 Å². The number of rotatable bonds is 5. The van der Waals surface area contributed by atoms with E-state index < -0.39 is 0 Å². The predicted molar refractivity (Wildman–Crippen MR) is 107 cm³/mol. The molecule has 0 unspecified atom stereocenters. The molecule has 0 fully saturated rings. The first-order valence-corrected chi connectivity index (χ1v) is 8.64. The van der Waals surface area contributed by atoms with Crippen LogP contribution >= 0.6 is 0 Å². The standard InChI is InChI=1S/C22H26N2O2/c1-15-12-17(3)22(18(4)13-15)23-20(25)14-24(5)21(26)11-10-19-9-7-6-8-16(19)2/h6-13H,14H2,1-5H3,(H,23,25)/b11-10+. The van der Waals surface area contributed by atoms with E-state index in [1.807, 2.05) is 64.1 Å². The van der Waals surface area contributed by atoms with E-state index in [2.05, 4.69) is 5.32 Å². The van der Waals surface area contributed by atoms with Crippen LogP contribution in [0.25, 0.3) is 6.08 Å². The maximum Gasteiger partial charge on any atom is 0.246 e. The van der Waals surface area contributed by atoms with Crippen LogP contribution < -0.4 is 5.32 Å². The Morgan fingerprint density at radius 2 is 1.62 bits per heavy atom. The van der Waals surface area contributed by atoms with Gasteiger partial charge in [0.15, 0.2) is 0 Å². The van der Waals surface area contributed by atoms with E-state index in [1.165, 1.54) is 11.0 Å². The average molecular weight is 350 g/mol. The molecule has 2 aromatic carbocycles. The van der Waals surface area contributed by atoms with Gasteiger partial charge in [0.25, 0.3) is 0 Å². The molecule has 0 atom stereocenters. The zero-order valence-corrected chi connectivity index (χ0v) is 16.1. The van der Waals surface area contributed by atoms with Crippen LogP contribution in [0.2, 0.25) is 0 Å². The number of benzene rings is 2. The highest BCUT2D eigenvalue weighted by Gasteiger charge is 2.13. The van der Waals surface area contributed by atoms with Gasteiger partial charge in [0.1, 0.15) is 0 Å². The average Bonchev–Trinajstić information content (AvgIpc) is 2.57. The monoisotopic (exact) mass is 350 g/mol. The van der Waals surface area contributed by atoms with Crippen LogP contribution in [0.15, 0.2) is 42.5 Å². The first kappa shape index (κ1) is 19.4. The molecule has 136 valence electrons. The fraction of sp³-hybridized carbons (Fsp3) is 0.273. The largest absolute Gasteiger partial charge is 0.333 e. The number of carbonyl (C=O) groups excluding carboxylic acids is 2. The highest BCUT2D eigenvalue weighted by atomic mass is 16.2. The third-order valence-electron chi connectivity index (χ3n) is 4.29. The number of aryl methyl sites for hydroxylation is 4. The van der Waals surface area contributed by atoms with Gasteiger partial charge in [-0.1, -0.05) is 42.0 Å². The summed E-state index contributed by atoms with van der Waals surface area (Å²) >= 11 is 0. The maximum atomic E-state index is 12.3. The Balaban J connectivity index is 1.98. The SMILES string of the molecule is Cc1cc(C)c(NC(=O)CN(C)C(=O)/C=C/c2ccccc2C)c(C)c1. The zero-order chi connectivity index (χ0) is 19.3. The van der Waals surface area contributed by atoms with E-state index in [0.717, 1.165) is 33.5 Å². The van der Waals surface area contributed by atoms with Crippen LogP contribution in [0.5, 0.6) is 0 Å². The van der Waals surface area contributed by atoms with Crippen molar-refractivity contribution in [3.63, 3.8) is 0 Å². The third-order valence-corrected chi connectivity index (χ3v) is 4.29. The van der Waals surface area contributed by atoms with Gasteiger partial charge in [0.2, 0.25) is 11.8 Å². The predicted octanol–water partition coefficient (Wildman–Crippen LogP) is 4.03. The molecule has 2 aromatic rings. The highest BCUT2D eigenvalue weighted by molar-refractivity contribution is 5.98. The van der Waals surface area contributed by atoms with E-state index in [4.69, 9.17) is 0 Å².